The number of methoxy groups -OCH3 is 2. The molecule has 0 spiro atoms. The first-order valence-electron chi connectivity index (χ1n) is 6.63. The first-order chi connectivity index (χ1) is 10.6. The molecule has 0 aliphatic carbocycles. The molecule has 22 heavy (non-hydrogen) atoms. The molecule has 2 N–H and O–H groups in total. The van der Waals surface area contributed by atoms with Crippen LogP contribution < -0.4 is 20.1 Å². The molecule has 0 aliphatic heterocycles. The van der Waals surface area contributed by atoms with E-state index < -0.39 is 0 Å². The molecule has 0 saturated heterocycles. The third kappa shape index (κ3) is 4.33. The van der Waals surface area contributed by atoms with Crippen LogP contribution in [0.25, 0.3) is 0 Å². The van der Waals surface area contributed by atoms with Crippen molar-refractivity contribution in [3.8, 4) is 11.5 Å². The topological polar surface area (TPSA) is 42.5 Å². The van der Waals surface area contributed by atoms with Gasteiger partial charge in [-0.05, 0) is 18.3 Å². The first-order valence-corrected chi connectivity index (χ1v) is 7.04. The van der Waals surface area contributed by atoms with E-state index in [0.29, 0.717) is 28.7 Å². The highest BCUT2D eigenvalue weighted by Crippen LogP contribution is 2.25. The van der Waals surface area contributed by atoms with Gasteiger partial charge in [-0.25, -0.2) is 4.39 Å². The van der Waals surface area contributed by atoms with Crippen LogP contribution in [0.5, 0.6) is 11.5 Å². The lowest BCUT2D eigenvalue weighted by Gasteiger charge is -2.13. The monoisotopic (exact) mass is 320 g/mol. The van der Waals surface area contributed by atoms with Gasteiger partial charge in [-0.3, -0.25) is 0 Å². The van der Waals surface area contributed by atoms with Gasteiger partial charge in [-0.15, -0.1) is 0 Å². The molecule has 2 aromatic carbocycles. The number of halogens is 1. The lowest BCUT2D eigenvalue weighted by atomic mass is 10.2. The maximum Gasteiger partial charge on any atom is 0.171 e. The highest BCUT2D eigenvalue weighted by molar-refractivity contribution is 7.80. The molecule has 0 bridgehead atoms. The molecule has 0 atom stereocenters. The van der Waals surface area contributed by atoms with Gasteiger partial charge in [0.15, 0.2) is 5.11 Å². The molecule has 2 rings (SSSR count). The van der Waals surface area contributed by atoms with Crippen LogP contribution >= 0.6 is 12.2 Å². The number of benzene rings is 2. The molecular weight excluding hydrogens is 303 g/mol. The van der Waals surface area contributed by atoms with Gasteiger partial charge in [-0.1, -0.05) is 18.2 Å². The number of anilines is 1. The Bertz CT molecular complexity index is 642. The fourth-order valence-electron chi connectivity index (χ4n) is 1.87. The Hall–Kier alpha value is -2.34. The van der Waals surface area contributed by atoms with Crippen molar-refractivity contribution >= 4 is 23.0 Å². The zero-order valence-corrected chi connectivity index (χ0v) is 13.2. The standard InChI is InChI=1S/C16H17FN2O2S/c1-20-13-7-12(8-14(9-13)21-2)19-16(22)18-10-11-5-3-4-6-15(11)17/h3-9H,10H2,1-2H3,(H2,18,19,22). The second-order valence-electron chi connectivity index (χ2n) is 4.50. The smallest absolute Gasteiger partial charge is 0.171 e. The van der Waals surface area contributed by atoms with Crippen molar-refractivity contribution in [2.24, 2.45) is 0 Å². The molecule has 0 amide bonds. The minimum absolute atomic E-state index is 0.263. The van der Waals surface area contributed by atoms with Crippen LogP contribution in [-0.4, -0.2) is 19.3 Å². The van der Waals surface area contributed by atoms with E-state index in [0.717, 1.165) is 5.69 Å². The summed E-state index contributed by atoms with van der Waals surface area (Å²) >= 11 is 5.21. The van der Waals surface area contributed by atoms with Gasteiger partial charge in [0, 0.05) is 36.0 Å². The second-order valence-corrected chi connectivity index (χ2v) is 4.91. The Morgan fingerprint density at radius 3 is 2.32 bits per heavy atom. The van der Waals surface area contributed by atoms with E-state index in [1.165, 1.54) is 6.07 Å². The van der Waals surface area contributed by atoms with E-state index in [2.05, 4.69) is 10.6 Å². The third-order valence-electron chi connectivity index (χ3n) is 3.01. The van der Waals surface area contributed by atoms with E-state index in [4.69, 9.17) is 21.7 Å². The van der Waals surface area contributed by atoms with Crippen molar-refractivity contribution in [3.63, 3.8) is 0 Å². The van der Waals surface area contributed by atoms with E-state index in [1.54, 1.807) is 50.6 Å². The quantitative estimate of drug-likeness (QED) is 0.827. The van der Waals surface area contributed by atoms with Crippen LogP contribution in [-0.2, 0) is 6.54 Å². The number of hydrogen-bond acceptors (Lipinski definition) is 3. The van der Waals surface area contributed by atoms with Gasteiger partial charge in [0.05, 0.1) is 14.2 Å². The molecular formula is C16H17FN2O2S. The maximum atomic E-state index is 13.5. The molecule has 0 aromatic heterocycles. The lowest BCUT2D eigenvalue weighted by molar-refractivity contribution is 0.395. The van der Waals surface area contributed by atoms with Crippen LogP contribution in [0.1, 0.15) is 5.56 Å². The summed E-state index contributed by atoms with van der Waals surface area (Å²) in [6.07, 6.45) is 0. The fraction of sp³-hybridized carbons (Fsp3) is 0.188. The number of hydrogen-bond donors (Lipinski definition) is 2. The van der Waals surface area contributed by atoms with Crippen LogP contribution in [0.3, 0.4) is 0 Å². The van der Waals surface area contributed by atoms with Crippen molar-refractivity contribution in [1.82, 2.24) is 5.32 Å². The molecule has 0 fully saturated rings. The Morgan fingerprint density at radius 2 is 1.73 bits per heavy atom. The minimum Gasteiger partial charge on any atom is -0.497 e. The minimum atomic E-state index is -0.263. The molecule has 0 heterocycles. The van der Waals surface area contributed by atoms with Gasteiger partial charge in [0.25, 0.3) is 0 Å². The van der Waals surface area contributed by atoms with Gasteiger partial charge in [-0.2, -0.15) is 0 Å². The normalized spacial score (nSPS) is 9.95. The first kappa shape index (κ1) is 16.0. The molecule has 0 radical (unpaired) electrons. The summed E-state index contributed by atoms with van der Waals surface area (Å²) in [5.41, 5.74) is 1.28. The molecule has 0 aliphatic rings. The molecule has 4 nitrogen and oxygen atoms in total. The average molecular weight is 320 g/mol. The van der Waals surface area contributed by atoms with Crippen molar-refractivity contribution in [1.29, 1.82) is 0 Å². The predicted octanol–water partition coefficient (Wildman–Crippen LogP) is 3.33. The second kappa shape index (κ2) is 7.61. The zero-order chi connectivity index (χ0) is 15.9. The third-order valence-corrected chi connectivity index (χ3v) is 3.25. The molecule has 116 valence electrons. The van der Waals surface area contributed by atoms with Crippen LogP contribution in [0, 0.1) is 5.82 Å². The SMILES string of the molecule is COc1cc(NC(=S)NCc2ccccc2F)cc(OC)c1. The predicted molar refractivity (Wildman–Crippen MR) is 89.0 cm³/mol. The van der Waals surface area contributed by atoms with Crippen molar-refractivity contribution in [3.05, 3.63) is 53.8 Å². The summed E-state index contributed by atoms with van der Waals surface area (Å²) in [6.45, 7) is 0.305. The lowest BCUT2D eigenvalue weighted by Crippen LogP contribution is -2.28. The largest absolute Gasteiger partial charge is 0.497 e. The Balaban J connectivity index is 1.98. The fourth-order valence-corrected chi connectivity index (χ4v) is 2.06. The van der Waals surface area contributed by atoms with Gasteiger partial charge < -0.3 is 20.1 Å². The summed E-state index contributed by atoms with van der Waals surface area (Å²) < 4.78 is 23.9. The Morgan fingerprint density at radius 1 is 1.09 bits per heavy atom. The number of nitrogens with one attached hydrogen (secondary N) is 2. The molecule has 2 aromatic rings. The number of ether oxygens (including phenoxy) is 2. The van der Waals surface area contributed by atoms with Crippen LogP contribution in [0.4, 0.5) is 10.1 Å². The zero-order valence-electron chi connectivity index (χ0n) is 12.4. The number of rotatable bonds is 5. The highest BCUT2D eigenvalue weighted by atomic mass is 32.1. The van der Waals surface area contributed by atoms with Gasteiger partial charge in [0.2, 0.25) is 0 Å². The summed E-state index contributed by atoms with van der Waals surface area (Å²) in [4.78, 5) is 0. The summed E-state index contributed by atoms with van der Waals surface area (Å²) in [7, 11) is 3.15. The highest BCUT2D eigenvalue weighted by Gasteiger charge is 2.05. The maximum absolute atomic E-state index is 13.5. The summed E-state index contributed by atoms with van der Waals surface area (Å²) in [5.74, 6) is 1.04. The van der Waals surface area contributed by atoms with Crippen LogP contribution in [0.2, 0.25) is 0 Å². The van der Waals surface area contributed by atoms with E-state index in [9.17, 15) is 4.39 Å². The van der Waals surface area contributed by atoms with E-state index in [-0.39, 0.29) is 5.82 Å². The number of thiocarbonyl (C=S) groups is 1. The van der Waals surface area contributed by atoms with Crippen molar-refractivity contribution in [2.45, 2.75) is 6.54 Å². The average Bonchev–Trinajstić information content (AvgIpc) is 2.53. The van der Waals surface area contributed by atoms with Gasteiger partial charge >= 0.3 is 0 Å². The van der Waals surface area contributed by atoms with Crippen LogP contribution in [0.15, 0.2) is 42.5 Å². The van der Waals surface area contributed by atoms with Crippen molar-refractivity contribution in [2.75, 3.05) is 19.5 Å². The Kier molecular flexibility index (Phi) is 5.55. The molecule has 0 unspecified atom stereocenters. The van der Waals surface area contributed by atoms with Crippen molar-refractivity contribution < 1.29 is 13.9 Å². The van der Waals surface area contributed by atoms with E-state index in [1.807, 2.05) is 0 Å². The van der Waals surface area contributed by atoms with E-state index >= 15 is 0 Å². The molecule has 0 saturated carbocycles. The summed E-state index contributed by atoms with van der Waals surface area (Å²) in [5, 5.41) is 6.37. The Labute approximate surface area is 134 Å². The molecule has 6 heteroatoms. The summed E-state index contributed by atoms with van der Waals surface area (Å²) in [6, 6.07) is 11.9. The van der Waals surface area contributed by atoms with Gasteiger partial charge in [0.1, 0.15) is 17.3 Å².